The fraction of sp³-hybridized carbons (Fsp3) is 0.417. The van der Waals surface area contributed by atoms with Crippen LogP contribution in [0.25, 0.3) is 0 Å². The second-order valence-electron chi connectivity index (χ2n) is 4.14. The number of aryl methyl sites for hydroxylation is 1. The van der Waals surface area contributed by atoms with E-state index >= 15 is 0 Å². The third-order valence-electron chi connectivity index (χ3n) is 2.94. The molecule has 1 aromatic rings. The molecule has 0 saturated carbocycles. The zero-order valence-corrected chi connectivity index (χ0v) is 8.76. The van der Waals surface area contributed by atoms with Crippen LogP contribution >= 0.6 is 0 Å². The van der Waals surface area contributed by atoms with Gasteiger partial charge < -0.3 is 0 Å². The molecule has 0 unspecified atom stereocenters. The predicted molar refractivity (Wildman–Crippen MR) is 58.5 cm³/mol. The van der Waals surface area contributed by atoms with Crippen molar-refractivity contribution >= 4 is 5.82 Å². The SMILES string of the molecule is Cc1cccc(N2O[C@H]3C=C[C@@H]2CC3)n1. The number of nitrogens with zero attached hydrogens (tertiary/aromatic N) is 2. The Morgan fingerprint density at radius 1 is 1.33 bits per heavy atom. The Morgan fingerprint density at radius 2 is 2.27 bits per heavy atom. The van der Waals surface area contributed by atoms with Crippen molar-refractivity contribution in [1.29, 1.82) is 0 Å². The molecule has 4 rings (SSSR count). The Bertz CT molecular complexity index is 402. The van der Waals surface area contributed by atoms with E-state index in [0.717, 1.165) is 24.4 Å². The molecule has 3 nitrogen and oxygen atoms in total. The van der Waals surface area contributed by atoms with E-state index in [0.29, 0.717) is 6.04 Å². The molecule has 0 spiro atoms. The van der Waals surface area contributed by atoms with Gasteiger partial charge in [0.15, 0.2) is 5.82 Å². The zero-order chi connectivity index (χ0) is 10.3. The fourth-order valence-electron chi connectivity index (χ4n) is 2.16. The summed E-state index contributed by atoms with van der Waals surface area (Å²) in [6.07, 6.45) is 6.92. The molecule has 3 aliphatic rings. The van der Waals surface area contributed by atoms with E-state index in [1.807, 2.05) is 30.2 Å². The quantitative estimate of drug-likeness (QED) is 0.653. The summed E-state index contributed by atoms with van der Waals surface area (Å²) in [5.74, 6) is 0.925. The summed E-state index contributed by atoms with van der Waals surface area (Å²) in [5.41, 5.74) is 1.03. The minimum Gasteiger partial charge on any atom is -0.264 e. The van der Waals surface area contributed by atoms with Crippen LogP contribution in [0.1, 0.15) is 18.5 Å². The van der Waals surface area contributed by atoms with E-state index in [4.69, 9.17) is 4.84 Å². The Balaban J connectivity index is 1.92. The van der Waals surface area contributed by atoms with Crippen molar-refractivity contribution in [3.63, 3.8) is 0 Å². The van der Waals surface area contributed by atoms with Crippen molar-refractivity contribution in [3.8, 4) is 0 Å². The molecule has 2 atom stereocenters. The molecule has 1 saturated heterocycles. The average molecular weight is 202 g/mol. The summed E-state index contributed by atoms with van der Waals surface area (Å²) in [7, 11) is 0. The fourth-order valence-corrected chi connectivity index (χ4v) is 2.16. The van der Waals surface area contributed by atoms with Crippen LogP contribution in [0.15, 0.2) is 30.4 Å². The summed E-state index contributed by atoms with van der Waals surface area (Å²) < 4.78 is 0. The average Bonchev–Trinajstić information content (AvgIpc) is 2.30. The standard InChI is InChI=1S/C12H14N2O/c1-9-3-2-4-12(13-9)14-10-5-7-11(15-14)8-6-10/h2-5,7,10-11H,6,8H2,1H3/t10-,11+/m1/s1. The van der Waals surface area contributed by atoms with Gasteiger partial charge in [-0.2, -0.15) is 0 Å². The molecular weight excluding hydrogens is 188 g/mol. The monoisotopic (exact) mass is 202 g/mol. The molecule has 1 aliphatic carbocycles. The Hall–Kier alpha value is -1.35. The maximum absolute atomic E-state index is 5.81. The first-order valence-corrected chi connectivity index (χ1v) is 5.41. The van der Waals surface area contributed by atoms with Crippen LogP contribution in [0.2, 0.25) is 0 Å². The number of aromatic nitrogens is 1. The van der Waals surface area contributed by atoms with E-state index in [9.17, 15) is 0 Å². The topological polar surface area (TPSA) is 25.4 Å². The summed E-state index contributed by atoms with van der Waals surface area (Å²) in [5, 5.41) is 1.95. The van der Waals surface area contributed by atoms with Gasteiger partial charge in [0.25, 0.3) is 0 Å². The predicted octanol–water partition coefficient (Wildman–Crippen LogP) is 2.23. The van der Waals surface area contributed by atoms with Crippen molar-refractivity contribution in [2.75, 3.05) is 5.06 Å². The van der Waals surface area contributed by atoms with Crippen molar-refractivity contribution in [3.05, 3.63) is 36.0 Å². The van der Waals surface area contributed by atoms with Gasteiger partial charge in [0.1, 0.15) is 6.10 Å². The molecule has 1 aromatic heterocycles. The lowest BCUT2D eigenvalue weighted by Gasteiger charge is -2.40. The molecule has 78 valence electrons. The van der Waals surface area contributed by atoms with Crippen LogP contribution in [-0.2, 0) is 4.84 Å². The first-order chi connectivity index (χ1) is 7.33. The first kappa shape index (κ1) is 8.92. The number of hydrogen-bond donors (Lipinski definition) is 0. The Kier molecular flexibility index (Phi) is 1.99. The van der Waals surface area contributed by atoms with Gasteiger partial charge in [0.05, 0.1) is 6.04 Å². The largest absolute Gasteiger partial charge is 0.264 e. The Labute approximate surface area is 89.3 Å². The number of pyridine rings is 1. The van der Waals surface area contributed by atoms with Gasteiger partial charge >= 0.3 is 0 Å². The van der Waals surface area contributed by atoms with Crippen LogP contribution in [0.3, 0.4) is 0 Å². The molecule has 1 fully saturated rings. The van der Waals surface area contributed by atoms with E-state index in [-0.39, 0.29) is 6.10 Å². The molecule has 0 aromatic carbocycles. The van der Waals surface area contributed by atoms with Gasteiger partial charge in [-0.05, 0) is 31.9 Å². The number of hydrogen-bond acceptors (Lipinski definition) is 3. The van der Waals surface area contributed by atoms with Crippen LogP contribution in [0.4, 0.5) is 5.82 Å². The molecule has 2 aliphatic heterocycles. The number of rotatable bonds is 1. The highest BCUT2D eigenvalue weighted by atomic mass is 16.7. The first-order valence-electron chi connectivity index (χ1n) is 5.41. The molecule has 15 heavy (non-hydrogen) atoms. The maximum atomic E-state index is 5.81. The number of anilines is 1. The minimum atomic E-state index is 0.248. The van der Waals surface area contributed by atoms with Crippen molar-refractivity contribution in [2.24, 2.45) is 0 Å². The third kappa shape index (κ3) is 1.53. The van der Waals surface area contributed by atoms with Crippen LogP contribution < -0.4 is 5.06 Å². The van der Waals surface area contributed by atoms with Crippen LogP contribution in [0.5, 0.6) is 0 Å². The maximum Gasteiger partial charge on any atom is 0.153 e. The van der Waals surface area contributed by atoms with Gasteiger partial charge in [0.2, 0.25) is 0 Å². The molecule has 0 radical (unpaired) electrons. The van der Waals surface area contributed by atoms with Gasteiger partial charge in [-0.15, -0.1) is 0 Å². The summed E-state index contributed by atoms with van der Waals surface area (Å²) in [4.78, 5) is 10.3. The second kappa shape index (κ2) is 3.35. The van der Waals surface area contributed by atoms with Gasteiger partial charge in [-0.1, -0.05) is 18.2 Å². The molecule has 2 bridgehead atoms. The third-order valence-corrected chi connectivity index (χ3v) is 2.94. The second-order valence-corrected chi connectivity index (χ2v) is 4.14. The molecule has 3 heterocycles. The van der Waals surface area contributed by atoms with E-state index in [1.165, 1.54) is 0 Å². The summed E-state index contributed by atoms with van der Waals surface area (Å²) in [6.45, 7) is 2.00. The lowest BCUT2D eigenvalue weighted by Crippen LogP contribution is -2.46. The summed E-state index contributed by atoms with van der Waals surface area (Å²) >= 11 is 0. The minimum absolute atomic E-state index is 0.248. The van der Waals surface area contributed by atoms with Gasteiger partial charge in [-0.3, -0.25) is 4.84 Å². The van der Waals surface area contributed by atoms with Crippen LogP contribution in [0, 0.1) is 6.92 Å². The molecule has 3 heteroatoms. The van der Waals surface area contributed by atoms with Crippen molar-refractivity contribution < 1.29 is 4.84 Å². The normalized spacial score (nSPS) is 28.5. The Morgan fingerprint density at radius 3 is 2.87 bits per heavy atom. The lowest BCUT2D eigenvalue weighted by atomic mass is 9.98. The van der Waals surface area contributed by atoms with Gasteiger partial charge in [0, 0.05) is 5.69 Å². The molecule has 0 amide bonds. The van der Waals surface area contributed by atoms with E-state index < -0.39 is 0 Å². The van der Waals surface area contributed by atoms with Crippen molar-refractivity contribution in [1.82, 2.24) is 4.98 Å². The highest BCUT2D eigenvalue weighted by Crippen LogP contribution is 2.30. The smallest absolute Gasteiger partial charge is 0.153 e. The summed E-state index contributed by atoms with van der Waals surface area (Å²) in [6, 6.07) is 6.39. The highest BCUT2D eigenvalue weighted by Gasteiger charge is 2.31. The zero-order valence-electron chi connectivity index (χ0n) is 8.76. The lowest BCUT2D eigenvalue weighted by molar-refractivity contribution is 0.00211. The molecular formula is C12H14N2O. The van der Waals surface area contributed by atoms with E-state index in [1.54, 1.807) is 0 Å². The number of hydroxylamine groups is 1. The molecule has 0 N–H and O–H groups in total. The van der Waals surface area contributed by atoms with Gasteiger partial charge in [-0.25, -0.2) is 10.0 Å². The number of fused-ring (bicyclic) bond motifs is 2. The van der Waals surface area contributed by atoms with E-state index in [2.05, 4.69) is 17.1 Å². The highest BCUT2D eigenvalue weighted by molar-refractivity contribution is 5.40. The van der Waals surface area contributed by atoms with Crippen molar-refractivity contribution in [2.45, 2.75) is 31.9 Å². The van der Waals surface area contributed by atoms with Crippen LogP contribution in [-0.4, -0.2) is 17.1 Å².